The summed E-state index contributed by atoms with van der Waals surface area (Å²) in [7, 11) is 3.17. The maximum absolute atomic E-state index is 11.0. The summed E-state index contributed by atoms with van der Waals surface area (Å²) in [6.07, 6.45) is 1.23. The number of carboxylic acid groups (broad SMARTS) is 1. The molecule has 104 valence electrons. The van der Waals surface area contributed by atoms with Gasteiger partial charge in [0.05, 0.1) is 14.2 Å². The Morgan fingerprint density at radius 2 is 1.89 bits per heavy atom. The molecule has 0 atom stereocenters. The van der Waals surface area contributed by atoms with Crippen LogP contribution < -0.4 is 9.47 Å². The van der Waals surface area contributed by atoms with E-state index in [1.807, 2.05) is 32.9 Å². The molecule has 0 radical (unpaired) electrons. The zero-order valence-electron chi connectivity index (χ0n) is 12.0. The van der Waals surface area contributed by atoms with Crippen LogP contribution in [0.15, 0.2) is 18.2 Å². The Labute approximate surface area is 113 Å². The summed E-state index contributed by atoms with van der Waals surface area (Å²) in [6.45, 7) is 5.79. The highest BCUT2D eigenvalue weighted by atomic mass is 16.5. The van der Waals surface area contributed by atoms with Crippen molar-refractivity contribution in [3.63, 3.8) is 0 Å². The number of methoxy groups -OCH3 is 2. The molecule has 1 N–H and O–H groups in total. The van der Waals surface area contributed by atoms with Crippen molar-refractivity contribution >= 4 is 11.5 Å². The Bertz CT molecular complexity index is 501. The normalized spacial score (nSPS) is 11.6. The fourth-order valence-electron chi connectivity index (χ4n) is 2.07. The van der Waals surface area contributed by atoms with E-state index >= 15 is 0 Å². The van der Waals surface area contributed by atoms with Gasteiger partial charge in [-0.1, -0.05) is 13.8 Å². The number of hydrogen-bond acceptors (Lipinski definition) is 3. The van der Waals surface area contributed by atoms with Gasteiger partial charge < -0.3 is 14.6 Å². The standard InChI is InChI=1S/C15H20O4/c1-9(2)12(8-14(16)17)11-6-7-13(18-4)10(3)15(11)19-5/h6-9H,1-5H3,(H,16,17)/b12-8+. The second-order valence-corrected chi connectivity index (χ2v) is 4.57. The van der Waals surface area contributed by atoms with E-state index in [0.717, 1.165) is 22.4 Å². The summed E-state index contributed by atoms with van der Waals surface area (Å²) in [5.74, 6) is 0.497. The molecule has 19 heavy (non-hydrogen) atoms. The monoisotopic (exact) mass is 264 g/mol. The molecule has 0 heterocycles. The van der Waals surface area contributed by atoms with Gasteiger partial charge in [0.1, 0.15) is 11.5 Å². The fourth-order valence-corrected chi connectivity index (χ4v) is 2.07. The minimum Gasteiger partial charge on any atom is -0.496 e. The van der Waals surface area contributed by atoms with Crippen molar-refractivity contribution in [2.45, 2.75) is 20.8 Å². The molecule has 0 unspecified atom stereocenters. The van der Waals surface area contributed by atoms with Crippen molar-refractivity contribution in [1.29, 1.82) is 0 Å². The molecule has 0 fully saturated rings. The molecule has 1 aromatic carbocycles. The third-order valence-electron chi connectivity index (χ3n) is 2.99. The third kappa shape index (κ3) is 3.28. The van der Waals surface area contributed by atoms with Gasteiger partial charge in [-0.2, -0.15) is 0 Å². The largest absolute Gasteiger partial charge is 0.496 e. The quantitative estimate of drug-likeness (QED) is 0.830. The second-order valence-electron chi connectivity index (χ2n) is 4.57. The summed E-state index contributed by atoms with van der Waals surface area (Å²) < 4.78 is 10.7. The number of carbonyl (C=O) groups is 1. The molecule has 0 bridgehead atoms. The first-order valence-corrected chi connectivity index (χ1v) is 6.08. The van der Waals surface area contributed by atoms with Crippen LogP contribution in [0.2, 0.25) is 0 Å². The lowest BCUT2D eigenvalue weighted by Gasteiger charge is -2.18. The highest BCUT2D eigenvalue weighted by molar-refractivity contribution is 5.91. The first-order chi connectivity index (χ1) is 8.92. The Balaban J connectivity index is 3.48. The van der Waals surface area contributed by atoms with E-state index in [2.05, 4.69) is 0 Å². The summed E-state index contributed by atoms with van der Waals surface area (Å²) in [6, 6.07) is 3.66. The lowest BCUT2D eigenvalue weighted by Crippen LogP contribution is -2.03. The van der Waals surface area contributed by atoms with Crippen LogP contribution in [0.3, 0.4) is 0 Å². The van der Waals surface area contributed by atoms with Gasteiger partial charge in [-0.3, -0.25) is 0 Å². The molecule has 0 aliphatic rings. The van der Waals surface area contributed by atoms with E-state index in [1.54, 1.807) is 14.2 Å². The SMILES string of the molecule is COc1ccc(/C(=C/C(=O)O)C(C)C)c(OC)c1C. The van der Waals surface area contributed by atoms with Crippen molar-refractivity contribution in [2.24, 2.45) is 5.92 Å². The van der Waals surface area contributed by atoms with Gasteiger partial charge in [-0.25, -0.2) is 4.79 Å². The van der Waals surface area contributed by atoms with E-state index in [-0.39, 0.29) is 5.92 Å². The van der Waals surface area contributed by atoms with Gasteiger partial charge in [0.25, 0.3) is 0 Å². The highest BCUT2D eigenvalue weighted by Gasteiger charge is 2.17. The van der Waals surface area contributed by atoms with E-state index in [9.17, 15) is 4.79 Å². The van der Waals surface area contributed by atoms with E-state index in [0.29, 0.717) is 5.75 Å². The maximum Gasteiger partial charge on any atom is 0.328 e. The van der Waals surface area contributed by atoms with Crippen molar-refractivity contribution < 1.29 is 19.4 Å². The summed E-state index contributed by atoms with van der Waals surface area (Å²) >= 11 is 0. The van der Waals surface area contributed by atoms with Gasteiger partial charge in [0, 0.05) is 17.2 Å². The molecule has 0 aliphatic carbocycles. The van der Waals surface area contributed by atoms with Crippen LogP contribution in [0.25, 0.3) is 5.57 Å². The molecule has 0 aromatic heterocycles. The van der Waals surface area contributed by atoms with Crippen LogP contribution in [0.5, 0.6) is 11.5 Å². The van der Waals surface area contributed by atoms with Gasteiger partial charge in [0.15, 0.2) is 0 Å². The number of allylic oxidation sites excluding steroid dienone is 1. The van der Waals surface area contributed by atoms with Crippen LogP contribution in [0, 0.1) is 12.8 Å². The average molecular weight is 264 g/mol. The number of hydrogen-bond donors (Lipinski definition) is 1. The minimum absolute atomic E-state index is 0.0813. The second kappa shape index (κ2) is 6.27. The number of benzene rings is 1. The summed E-state index contributed by atoms with van der Waals surface area (Å²) in [4.78, 5) is 11.0. The highest BCUT2D eigenvalue weighted by Crippen LogP contribution is 2.37. The molecule has 0 aliphatic heterocycles. The summed E-state index contributed by atoms with van der Waals surface area (Å²) in [5, 5.41) is 8.99. The van der Waals surface area contributed by atoms with Crippen LogP contribution in [0.1, 0.15) is 25.0 Å². The topological polar surface area (TPSA) is 55.8 Å². The molecule has 4 heteroatoms. The number of ether oxygens (including phenoxy) is 2. The average Bonchev–Trinajstić information content (AvgIpc) is 2.35. The predicted molar refractivity (Wildman–Crippen MR) is 74.7 cm³/mol. The van der Waals surface area contributed by atoms with Crippen molar-refractivity contribution in [3.8, 4) is 11.5 Å². The molecule has 0 spiro atoms. The third-order valence-corrected chi connectivity index (χ3v) is 2.99. The molecule has 0 saturated carbocycles. The van der Waals surface area contributed by atoms with Crippen LogP contribution >= 0.6 is 0 Å². The number of carboxylic acids is 1. The first-order valence-electron chi connectivity index (χ1n) is 6.08. The zero-order chi connectivity index (χ0) is 14.6. The summed E-state index contributed by atoms with van der Waals surface area (Å²) in [5.41, 5.74) is 2.38. The smallest absolute Gasteiger partial charge is 0.328 e. The van der Waals surface area contributed by atoms with Crippen molar-refractivity contribution in [3.05, 3.63) is 29.3 Å². The molecule has 1 rings (SSSR count). The molecular weight excluding hydrogens is 244 g/mol. The van der Waals surface area contributed by atoms with E-state index < -0.39 is 5.97 Å². The lowest BCUT2D eigenvalue weighted by molar-refractivity contribution is -0.131. The predicted octanol–water partition coefficient (Wildman–Crippen LogP) is 3.14. The van der Waals surface area contributed by atoms with E-state index in [1.165, 1.54) is 6.08 Å². The Morgan fingerprint density at radius 3 is 2.32 bits per heavy atom. The maximum atomic E-state index is 11.0. The molecule has 4 nitrogen and oxygen atoms in total. The Hall–Kier alpha value is -1.97. The van der Waals surface area contributed by atoms with E-state index in [4.69, 9.17) is 14.6 Å². The van der Waals surface area contributed by atoms with Gasteiger partial charge in [-0.15, -0.1) is 0 Å². The van der Waals surface area contributed by atoms with Crippen molar-refractivity contribution in [1.82, 2.24) is 0 Å². The number of aliphatic carboxylic acids is 1. The fraction of sp³-hybridized carbons (Fsp3) is 0.400. The molecule has 1 aromatic rings. The molecule has 0 amide bonds. The van der Waals surface area contributed by atoms with Crippen LogP contribution in [0.4, 0.5) is 0 Å². The van der Waals surface area contributed by atoms with Crippen LogP contribution in [-0.2, 0) is 4.79 Å². The molecule has 0 saturated heterocycles. The van der Waals surface area contributed by atoms with Gasteiger partial charge >= 0.3 is 5.97 Å². The molecular formula is C15H20O4. The number of rotatable bonds is 5. The first kappa shape index (κ1) is 15.1. The van der Waals surface area contributed by atoms with Crippen molar-refractivity contribution in [2.75, 3.05) is 14.2 Å². The van der Waals surface area contributed by atoms with Gasteiger partial charge in [0.2, 0.25) is 0 Å². The zero-order valence-corrected chi connectivity index (χ0v) is 12.0. The van der Waals surface area contributed by atoms with Gasteiger partial charge in [-0.05, 0) is 30.5 Å². The minimum atomic E-state index is -0.959. The van der Waals surface area contributed by atoms with Crippen LogP contribution in [-0.4, -0.2) is 25.3 Å². The lowest BCUT2D eigenvalue weighted by atomic mass is 9.92. The Morgan fingerprint density at radius 1 is 1.26 bits per heavy atom. The Kier molecular flexibility index (Phi) is 4.98.